The molecule has 122 valence electrons. The summed E-state index contributed by atoms with van der Waals surface area (Å²) in [5.41, 5.74) is 0. The fourth-order valence-electron chi connectivity index (χ4n) is 3.62. The molecule has 0 saturated carbocycles. The van der Waals surface area contributed by atoms with Crippen LogP contribution in [0.3, 0.4) is 0 Å². The van der Waals surface area contributed by atoms with Gasteiger partial charge in [-0.3, -0.25) is 0 Å². The van der Waals surface area contributed by atoms with E-state index in [9.17, 15) is 0 Å². The second-order valence-corrected chi connectivity index (χ2v) is 13.5. The monoisotopic (exact) mass is 368 g/mol. The van der Waals surface area contributed by atoms with Crippen molar-refractivity contribution in [2.45, 2.75) is 4.32 Å². The van der Waals surface area contributed by atoms with Gasteiger partial charge in [0, 0.05) is 0 Å². The van der Waals surface area contributed by atoms with Crippen molar-refractivity contribution in [3.05, 3.63) is 91.0 Å². The van der Waals surface area contributed by atoms with Gasteiger partial charge in [0.05, 0.1) is 0 Å². The molecule has 1 saturated heterocycles. The molecule has 24 heavy (non-hydrogen) atoms. The second kappa shape index (κ2) is 7.35. The Morgan fingerprint density at radius 2 is 0.875 bits per heavy atom. The van der Waals surface area contributed by atoms with Crippen LogP contribution in [0.2, 0.25) is 0 Å². The first-order chi connectivity index (χ1) is 11.9. The van der Waals surface area contributed by atoms with Gasteiger partial charge >= 0.3 is 154 Å². The van der Waals surface area contributed by atoms with E-state index in [1.54, 1.807) is 0 Å². The van der Waals surface area contributed by atoms with Crippen LogP contribution in [-0.4, -0.2) is 15.8 Å². The zero-order chi connectivity index (χ0) is 16.2. The molecule has 3 aromatic carbocycles. The summed E-state index contributed by atoms with van der Waals surface area (Å²) >= 11 is 4.32. The predicted molar refractivity (Wildman–Crippen MR) is 115 cm³/mol. The summed E-state index contributed by atoms with van der Waals surface area (Å²) in [6.07, 6.45) is 0. The molecule has 1 heterocycles. The molecule has 0 atom stereocenters. The molecule has 4 rings (SSSR count). The van der Waals surface area contributed by atoms with E-state index in [-0.39, 0.29) is 0 Å². The van der Waals surface area contributed by atoms with Gasteiger partial charge in [-0.25, -0.2) is 0 Å². The number of thioether (sulfide) groups is 2. The molecule has 0 nitrogen and oxygen atoms in total. The normalized spacial score (nSPS) is 16.2. The van der Waals surface area contributed by atoms with Gasteiger partial charge in [-0.2, -0.15) is 0 Å². The van der Waals surface area contributed by atoms with Crippen LogP contribution in [0.1, 0.15) is 0 Å². The van der Waals surface area contributed by atoms with Crippen LogP contribution in [0.25, 0.3) is 0 Å². The van der Waals surface area contributed by atoms with Crippen molar-refractivity contribution in [1.82, 2.24) is 0 Å². The first-order valence-electron chi connectivity index (χ1n) is 8.32. The maximum atomic E-state index is 2.35. The minimum atomic E-state index is -2.06. The van der Waals surface area contributed by atoms with Crippen molar-refractivity contribution >= 4 is 46.7 Å². The van der Waals surface area contributed by atoms with Crippen LogP contribution in [-0.2, 0) is 0 Å². The summed E-state index contributed by atoms with van der Waals surface area (Å²) in [5, 5.41) is 4.57. The van der Waals surface area contributed by atoms with Crippen molar-refractivity contribution in [1.29, 1.82) is 0 Å². The number of hydrogen-bond donors (Lipinski definition) is 0. The third kappa shape index (κ3) is 2.81. The summed E-state index contributed by atoms with van der Waals surface area (Å²) < 4.78 is 0.629. The molecule has 0 amide bonds. The fraction of sp³-hybridized carbons (Fsp3) is 0.143. The molecule has 0 aliphatic carbocycles. The van der Waals surface area contributed by atoms with Crippen molar-refractivity contribution in [2.24, 2.45) is 0 Å². The van der Waals surface area contributed by atoms with E-state index >= 15 is 0 Å². The molecule has 1 aliphatic heterocycles. The molecule has 0 spiro atoms. The van der Waals surface area contributed by atoms with Crippen molar-refractivity contribution in [3.8, 4) is 0 Å². The molecule has 0 N–H and O–H groups in total. The van der Waals surface area contributed by atoms with E-state index < -0.39 is 7.26 Å². The van der Waals surface area contributed by atoms with Gasteiger partial charge in [-0.1, -0.05) is 0 Å². The Morgan fingerprint density at radius 3 is 1.21 bits per heavy atom. The van der Waals surface area contributed by atoms with Gasteiger partial charge in [0.25, 0.3) is 0 Å². The minimum absolute atomic E-state index is 0.629. The van der Waals surface area contributed by atoms with E-state index in [2.05, 4.69) is 115 Å². The number of rotatable bonds is 4. The van der Waals surface area contributed by atoms with E-state index in [1.165, 1.54) is 27.4 Å². The first kappa shape index (κ1) is 16.3. The van der Waals surface area contributed by atoms with Gasteiger partial charge < -0.3 is 0 Å². The molecule has 0 aromatic heterocycles. The molecule has 0 unspecified atom stereocenters. The van der Waals surface area contributed by atoms with E-state index in [4.69, 9.17) is 0 Å². The van der Waals surface area contributed by atoms with Gasteiger partial charge in [0.15, 0.2) is 0 Å². The second-order valence-electron chi connectivity index (χ2n) is 5.98. The van der Waals surface area contributed by atoms with Crippen LogP contribution in [0.4, 0.5) is 0 Å². The maximum absolute atomic E-state index is 2.35. The first-order valence-corrected chi connectivity index (χ1v) is 12.5. The zero-order valence-electron chi connectivity index (χ0n) is 13.5. The van der Waals surface area contributed by atoms with Crippen LogP contribution < -0.4 is 15.9 Å². The molecular weight excluding hydrogens is 347 g/mol. The Kier molecular flexibility index (Phi) is 4.98. The molecule has 0 radical (unpaired) electrons. The van der Waals surface area contributed by atoms with Crippen molar-refractivity contribution in [2.75, 3.05) is 11.5 Å². The van der Waals surface area contributed by atoms with Crippen molar-refractivity contribution in [3.63, 3.8) is 0 Å². The molecular formula is C21H21PS2. The zero-order valence-corrected chi connectivity index (χ0v) is 16.1. The van der Waals surface area contributed by atoms with Crippen LogP contribution in [0.5, 0.6) is 0 Å². The third-order valence-electron chi connectivity index (χ3n) is 4.66. The van der Waals surface area contributed by atoms with Gasteiger partial charge in [-0.15, -0.1) is 0 Å². The molecule has 0 bridgehead atoms. The third-order valence-corrected chi connectivity index (χ3v) is 14.8. The summed E-state index contributed by atoms with van der Waals surface area (Å²) in [6.45, 7) is 0. The predicted octanol–water partition coefficient (Wildman–Crippen LogP) is 4.48. The average molecular weight is 369 g/mol. The van der Waals surface area contributed by atoms with Crippen LogP contribution >= 0.6 is 30.8 Å². The van der Waals surface area contributed by atoms with E-state index in [0.717, 1.165) is 0 Å². The summed E-state index contributed by atoms with van der Waals surface area (Å²) in [7, 11) is -2.06. The Labute approximate surface area is 153 Å². The van der Waals surface area contributed by atoms with Gasteiger partial charge in [-0.05, 0) is 0 Å². The Hall–Kier alpha value is -1.21. The van der Waals surface area contributed by atoms with Gasteiger partial charge in [0.1, 0.15) is 0 Å². The SMILES string of the molecule is c1ccc([PH](c2ccccc2)(c2ccccc2)C2SCCS2)cc1. The summed E-state index contributed by atoms with van der Waals surface area (Å²) in [4.78, 5) is 0. The summed E-state index contributed by atoms with van der Waals surface area (Å²) in [6, 6.07) is 33.7. The molecule has 3 heteroatoms. The van der Waals surface area contributed by atoms with E-state index in [0.29, 0.717) is 4.32 Å². The van der Waals surface area contributed by atoms with Crippen LogP contribution in [0.15, 0.2) is 91.0 Å². The Bertz CT molecular complexity index is 672. The van der Waals surface area contributed by atoms with Crippen molar-refractivity contribution < 1.29 is 0 Å². The number of hydrogen-bond acceptors (Lipinski definition) is 2. The molecule has 1 aliphatic rings. The summed E-state index contributed by atoms with van der Waals surface area (Å²) in [5.74, 6) is 2.52. The standard InChI is InChI=1S/C21H21PS2/c1-4-10-18(11-5-1)22(21-23-16-17-24-21,19-12-6-2-7-13-19)20-14-8-3-9-15-20/h1-15,21-22H,16-17H2. The Balaban J connectivity index is 2.03. The number of benzene rings is 3. The molecule has 1 fully saturated rings. The quantitative estimate of drug-likeness (QED) is 0.623. The molecule has 3 aromatic rings. The Morgan fingerprint density at radius 1 is 0.542 bits per heavy atom. The topological polar surface area (TPSA) is 0 Å². The van der Waals surface area contributed by atoms with Crippen LogP contribution in [0, 0.1) is 0 Å². The van der Waals surface area contributed by atoms with E-state index in [1.807, 2.05) is 0 Å². The van der Waals surface area contributed by atoms with Gasteiger partial charge in [0.2, 0.25) is 0 Å². The fourth-order valence-corrected chi connectivity index (χ4v) is 14.9. The average Bonchev–Trinajstić information content (AvgIpc) is 3.20.